The van der Waals surface area contributed by atoms with Gasteiger partial charge >= 0.3 is 6.09 Å². The highest BCUT2D eigenvalue weighted by molar-refractivity contribution is 5.91. The van der Waals surface area contributed by atoms with E-state index in [0.29, 0.717) is 11.4 Å². The summed E-state index contributed by atoms with van der Waals surface area (Å²) >= 11 is 0. The van der Waals surface area contributed by atoms with E-state index in [1.807, 2.05) is 60.7 Å². The zero-order chi connectivity index (χ0) is 20.9. The maximum absolute atomic E-state index is 12.9. The Morgan fingerprint density at radius 3 is 2.41 bits per heavy atom. The zero-order valence-corrected chi connectivity index (χ0v) is 17.5. The molecule has 4 heteroatoms. The van der Waals surface area contributed by atoms with Gasteiger partial charge in [0.05, 0.1) is 12.8 Å². The summed E-state index contributed by atoms with van der Waals surface area (Å²) in [6, 6.07) is 16.9. The van der Waals surface area contributed by atoms with E-state index in [2.05, 4.69) is 19.6 Å². The highest BCUT2D eigenvalue weighted by Crippen LogP contribution is 2.24. The van der Waals surface area contributed by atoms with Crippen molar-refractivity contribution in [3.8, 4) is 5.75 Å². The van der Waals surface area contributed by atoms with Gasteiger partial charge in [0.2, 0.25) is 0 Å². The first-order valence-electron chi connectivity index (χ1n) is 10.2. The highest BCUT2D eigenvalue weighted by Gasteiger charge is 2.19. The van der Waals surface area contributed by atoms with Crippen LogP contribution >= 0.6 is 0 Å². The highest BCUT2D eigenvalue weighted by atomic mass is 16.6. The van der Waals surface area contributed by atoms with Crippen molar-refractivity contribution in [1.29, 1.82) is 0 Å². The smallest absolute Gasteiger partial charge is 0.419 e. The molecule has 2 rings (SSSR count). The van der Waals surface area contributed by atoms with Crippen LogP contribution in [0.15, 0.2) is 79.0 Å². The monoisotopic (exact) mass is 393 g/mol. The Bertz CT molecular complexity index is 781. The van der Waals surface area contributed by atoms with Crippen LogP contribution in [0.1, 0.15) is 44.6 Å². The number of hydrogen-bond acceptors (Lipinski definition) is 3. The van der Waals surface area contributed by atoms with Gasteiger partial charge < -0.3 is 9.47 Å². The summed E-state index contributed by atoms with van der Waals surface area (Å²) in [4.78, 5) is 14.4. The van der Waals surface area contributed by atoms with E-state index in [9.17, 15) is 4.79 Å². The van der Waals surface area contributed by atoms with Crippen LogP contribution in [0.3, 0.4) is 0 Å². The van der Waals surface area contributed by atoms with Crippen LogP contribution in [0, 0.1) is 0 Å². The molecule has 0 saturated carbocycles. The number of benzene rings is 2. The molecule has 0 aromatic heterocycles. The average Bonchev–Trinajstić information content (AvgIpc) is 2.76. The lowest BCUT2D eigenvalue weighted by molar-refractivity contribution is 0.149. The number of unbranched alkanes of at least 4 members (excludes halogenated alkanes) is 4. The van der Waals surface area contributed by atoms with Crippen molar-refractivity contribution in [3.63, 3.8) is 0 Å². The van der Waals surface area contributed by atoms with Gasteiger partial charge in [0.25, 0.3) is 0 Å². The molecule has 0 radical (unpaired) electrons. The van der Waals surface area contributed by atoms with Gasteiger partial charge in [-0.25, -0.2) is 9.69 Å². The molecule has 0 saturated heterocycles. The summed E-state index contributed by atoms with van der Waals surface area (Å²) in [5.74, 6) is 0.725. The third-order valence-corrected chi connectivity index (χ3v) is 4.54. The average molecular weight is 394 g/mol. The molecule has 0 unspecified atom stereocenters. The second-order valence-corrected chi connectivity index (χ2v) is 6.82. The fourth-order valence-corrected chi connectivity index (χ4v) is 2.89. The molecule has 4 nitrogen and oxygen atoms in total. The lowest BCUT2D eigenvalue weighted by Gasteiger charge is -2.23. The van der Waals surface area contributed by atoms with Gasteiger partial charge in [-0.1, -0.05) is 69.2 Å². The van der Waals surface area contributed by atoms with Crippen LogP contribution in [0.2, 0.25) is 0 Å². The normalized spacial score (nSPS) is 10.7. The predicted octanol–water partition coefficient (Wildman–Crippen LogP) is 6.88. The summed E-state index contributed by atoms with van der Waals surface area (Å²) in [6.45, 7) is 6.50. The Morgan fingerprint density at radius 2 is 1.76 bits per heavy atom. The van der Waals surface area contributed by atoms with Crippen molar-refractivity contribution >= 4 is 11.8 Å². The fraction of sp³-hybridized carbons (Fsp3) is 0.320. The van der Waals surface area contributed by atoms with Gasteiger partial charge in [0, 0.05) is 5.70 Å². The number of amides is 1. The second-order valence-electron chi connectivity index (χ2n) is 6.82. The molecule has 0 atom stereocenters. The largest absolute Gasteiger partial charge is 0.497 e. The molecule has 1 amide bonds. The molecule has 29 heavy (non-hydrogen) atoms. The summed E-state index contributed by atoms with van der Waals surface area (Å²) < 4.78 is 10.8. The van der Waals surface area contributed by atoms with Crippen molar-refractivity contribution in [1.82, 2.24) is 0 Å². The van der Waals surface area contributed by atoms with Gasteiger partial charge in [0.15, 0.2) is 0 Å². The molecule has 0 aliphatic heterocycles. The van der Waals surface area contributed by atoms with Crippen LogP contribution in [0.5, 0.6) is 5.75 Å². The third kappa shape index (κ3) is 7.49. The number of carbonyl (C=O) groups excluding carboxylic acids is 1. The molecule has 0 fully saturated rings. The number of rotatable bonds is 11. The number of allylic oxidation sites excluding steroid dienone is 2. The minimum atomic E-state index is -0.459. The SMILES string of the molecule is C=C(/C=C/CCCCCC)N(C(=O)OCc1ccccc1)c1ccc(OC)cc1. The van der Waals surface area contributed by atoms with Crippen LogP contribution in [-0.4, -0.2) is 13.2 Å². The number of carbonyl (C=O) groups is 1. The molecule has 0 heterocycles. The quantitative estimate of drug-likeness (QED) is 0.308. The molecule has 0 N–H and O–H groups in total. The van der Waals surface area contributed by atoms with Crippen LogP contribution in [-0.2, 0) is 11.3 Å². The number of methoxy groups -OCH3 is 1. The lowest BCUT2D eigenvalue weighted by Crippen LogP contribution is -2.29. The molecule has 2 aromatic rings. The van der Waals surface area contributed by atoms with Crippen LogP contribution < -0.4 is 9.64 Å². The number of ether oxygens (including phenoxy) is 2. The topological polar surface area (TPSA) is 38.8 Å². The minimum Gasteiger partial charge on any atom is -0.497 e. The van der Waals surface area contributed by atoms with E-state index in [-0.39, 0.29) is 6.61 Å². The van der Waals surface area contributed by atoms with Gasteiger partial charge in [-0.3, -0.25) is 0 Å². The minimum absolute atomic E-state index is 0.209. The molecular weight excluding hydrogens is 362 g/mol. The Labute approximate surface area is 174 Å². The van der Waals surface area contributed by atoms with Gasteiger partial charge in [-0.2, -0.15) is 0 Å². The molecule has 154 valence electrons. The van der Waals surface area contributed by atoms with Gasteiger partial charge in [0.1, 0.15) is 12.4 Å². The number of anilines is 1. The molecule has 0 aliphatic rings. The van der Waals surface area contributed by atoms with Crippen molar-refractivity contribution < 1.29 is 14.3 Å². The molecule has 0 aliphatic carbocycles. The van der Waals surface area contributed by atoms with E-state index in [1.54, 1.807) is 7.11 Å². The first-order chi connectivity index (χ1) is 14.2. The van der Waals surface area contributed by atoms with Gasteiger partial charge in [-0.15, -0.1) is 0 Å². The summed E-state index contributed by atoms with van der Waals surface area (Å²) in [5, 5.41) is 0. The Balaban J connectivity index is 2.08. The van der Waals surface area contributed by atoms with Crippen molar-refractivity contribution in [2.45, 2.75) is 45.6 Å². The van der Waals surface area contributed by atoms with E-state index >= 15 is 0 Å². The van der Waals surface area contributed by atoms with Crippen molar-refractivity contribution in [2.75, 3.05) is 12.0 Å². The number of hydrogen-bond donors (Lipinski definition) is 0. The summed E-state index contributed by atoms with van der Waals surface area (Å²) in [6.07, 6.45) is 9.29. The first kappa shape index (κ1) is 22.3. The Kier molecular flexibility index (Phi) is 9.56. The van der Waals surface area contributed by atoms with Crippen molar-refractivity contribution in [3.05, 3.63) is 84.6 Å². The molecule has 2 aromatic carbocycles. The molecule has 0 spiro atoms. The fourth-order valence-electron chi connectivity index (χ4n) is 2.89. The van der Waals surface area contributed by atoms with E-state index < -0.39 is 6.09 Å². The van der Waals surface area contributed by atoms with Crippen molar-refractivity contribution in [2.24, 2.45) is 0 Å². The lowest BCUT2D eigenvalue weighted by atomic mass is 10.1. The Hall–Kier alpha value is -3.01. The molecule has 0 bridgehead atoms. The standard InChI is InChI=1S/C25H31NO3/c1-4-5-6-7-8-10-13-21(2)26(23-16-18-24(28-3)19-17-23)25(27)29-20-22-14-11-9-12-15-22/h9-19H,2,4-8,20H2,1,3H3/b13-10+. The Morgan fingerprint density at radius 1 is 1.03 bits per heavy atom. The van der Waals surface area contributed by atoms with Crippen LogP contribution in [0.4, 0.5) is 10.5 Å². The first-order valence-corrected chi connectivity index (χ1v) is 10.2. The van der Waals surface area contributed by atoms with E-state index in [1.165, 1.54) is 24.2 Å². The zero-order valence-electron chi connectivity index (χ0n) is 17.5. The maximum atomic E-state index is 12.9. The third-order valence-electron chi connectivity index (χ3n) is 4.54. The predicted molar refractivity (Wildman–Crippen MR) is 119 cm³/mol. The maximum Gasteiger partial charge on any atom is 0.419 e. The summed E-state index contributed by atoms with van der Waals surface area (Å²) in [7, 11) is 1.61. The van der Waals surface area contributed by atoms with Gasteiger partial charge in [-0.05, 0) is 48.7 Å². The molecular formula is C25H31NO3. The summed E-state index contributed by atoms with van der Waals surface area (Å²) in [5.41, 5.74) is 2.20. The number of nitrogens with zero attached hydrogens (tertiary/aromatic N) is 1. The van der Waals surface area contributed by atoms with E-state index in [0.717, 1.165) is 24.2 Å². The van der Waals surface area contributed by atoms with E-state index in [4.69, 9.17) is 9.47 Å². The van der Waals surface area contributed by atoms with Crippen LogP contribution in [0.25, 0.3) is 0 Å². The second kappa shape index (κ2) is 12.4.